The predicted molar refractivity (Wildman–Crippen MR) is 74.5 cm³/mol. The number of fused-ring (bicyclic) bond motifs is 1. The van der Waals surface area contributed by atoms with Gasteiger partial charge in [0.1, 0.15) is 6.04 Å². The molecule has 0 spiro atoms. The van der Waals surface area contributed by atoms with E-state index in [0.717, 1.165) is 37.4 Å². The molecule has 0 aliphatic carbocycles. The molecule has 0 aromatic heterocycles. The molecule has 18 heavy (non-hydrogen) atoms. The summed E-state index contributed by atoms with van der Waals surface area (Å²) in [7, 11) is 0. The second-order valence-electron chi connectivity index (χ2n) is 4.41. The van der Waals surface area contributed by atoms with Crippen LogP contribution in [0, 0.1) is 0 Å². The fraction of sp³-hybridized carbons (Fsp3) is 0.417. The van der Waals surface area contributed by atoms with E-state index in [1.165, 1.54) is 0 Å². The third-order valence-corrected chi connectivity index (χ3v) is 3.57. The van der Waals surface area contributed by atoms with Crippen molar-refractivity contribution in [2.24, 2.45) is 0 Å². The molecule has 2 N–H and O–H groups in total. The summed E-state index contributed by atoms with van der Waals surface area (Å²) in [5.41, 5.74) is 1.90. The van der Waals surface area contributed by atoms with Crippen molar-refractivity contribution in [2.75, 3.05) is 31.5 Å². The number of nitrogens with zero attached hydrogens (tertiary/aromatic N) is 1. The minimum absolute atomic E-state index is 0. The normalized spacial score (nSPS) is 23.2. The van der Waals surface area contributed by atoms with E-state index in [2.05, 4.69) is 15.5 Å². The zero-order valence-electron chi connectivity index (χ0n) is 9.78. The molecule has 1 fully saturated rings. The Labute approximate surface area is 117 Å². The van der Waals surface area contributed by atoms with Crippen LogP contribution in [0.5, 0.6) is 0 Å². The van der Waals surface area contributed by atoms with Crippen LogP contribution in [0.2, 0.25) is 5.02 Å². The van der Waals surface area contributed by atoms with Crippen LogP contribution in [0.3, 0.4) is 0 Å². The standard InChI is InChI=1S/C12H14ClN3O.ClH/c13-8-1-2-10-9(7-8)11(12(17)15-10)16-5-3-14-4-6-16;/h1-2,7,11,14H,3-6H2,(H,15,17);1H. The van der Waals surface area contributed by atoms with Crippen LogP contribution in [-0.2, 0) is 4.79 Å². The highest BCUT2D eigenvalue weighted by Crippen LogP contribution is 2.36. The number of halogens is 2. The Morgan fingerprint density at radius 2 is 2.00 bits per heavy atom. The van der Waals surface area contributed by atoms with E-state index in [1.807, 2.05) is 12.1 Å². The zero-order valence-corrected chi connectivity index (χ0v) is 11.4. The van der Waals surface area contributed by atoms with E-state index in [4.69, 9.17) is 11.6 Å². The fourth-order valence-corrected chi connectivity index (χ4v) is 2.70. The molecule has 1 aromatic carbocycles. The van der Waals surface area contributed by atoms with Crippen molar-refractivity contribution in [3.05, 3.63) is 28.8 Å². The predicted octanol–water partition coefficient (Wildman–Crippen LogP) is 1.66. The number of piperazine rings is 1. The van der Waals surface area contributed by atoms with Crippen molar-refractivity contribution < 1.29 is 4.79 Å². The molecular weight excluding hydrogens is 273 g/mol. The smallest absolute Gasteiger partial charge is 0.246 e. The molecule has 0 saturated carbocycles. The highest BCUT2D eigenvalue weighted by molar-refractivity contribution is 6.31. The Kier molecular flexibility index (Phi) is 4.12. The van der Waals surface area contributed by atoms with Crippen LogP contribution < -0.4 is 10.6 Å². The van der Waals surface area contributed by atoms with Gasteiger partial charge in [-0.1, -0.05) is 11.6 Å². The summed E-state index contributed by atoms with van der Waals surface area (Å²) in [5, 5.41) is 6.88. The number of benzene rings is 1. The fourth-order valence-electron chi connectivity index (χ4n) is 2.52. The number of rotatable bonds is 1. The van der Waals surface area contributed by atoms with Gasteiger partial charge in [-0.2, -0.15) is 0 Å². The maximum atomic E-state index is 12.0. The summed E-state index contributed by atoms with van der Waals surface area (Å²) in [5.74, 6) is 0.0594. The van der Waals surface area contributed by atoms with Crippen LogP contribution in [0.25, 0.3) is 0 Å². The Bertz CT molecular complexity index is 461. The molecule has 0 bridgehead atoms. The lowest BCUT2D eigenvalue weighted by molar-refractivity contribution is -0.121. The molecular formula is C12H15Cl2N3O. The number of carbonyl (C=O) groups is 1. The average molecular weight is 288 g/mol. The molecule has 3 rings (SSSR count). The minimum atomic E-state index is -0.175. The Balaban J connectivity index is 0.00000120. The third-order valence-electron chi connectivity index (χ3n) is 3.33. The van der Waals surface area contributed by atoms with Gasteiger partial charge in [0, 0.05) is 42.5 Å². The first-order valence-corrected chi connectivity index (χ1v) is 6.18. The van der Waals surface area contributed by atoms with Crippen molar-refractivity contribution in [1.82, 2.24) is 10.2 Å². The molecule has 1 aromatic rings. The van der Waals surface area contributed by atoms with Crippen molar-refractivity contribution in [3.63, 3.8) is 0 Å². The first kappa shape index (κ1) is 13.6. The molecule has 1 atom stereocenters. The summed E-state index contributed by atoms with van der Waals surface area (Å²) in [6.45, 7) is 3.65. The summed E-state index contributed by atoms with van der Waals surface area (Å²) in [6.07, 6.45) is 0. The maximum Gasteiger partial charge on any atom is 0.246 e. The zero-order chi connectivity index (χ0) is 11.8. The van der Waals surface area contributed by atoms with Gasteiger partial charge < -0.3 is 10.6 Å². The summed E-state index contributed by atoms with van der Waals surface area (Å²) in [6, 6.07) is 5.39. The number of anilines is 1. The van der Waals surface area contributed by atoms with E-state index in [1.54, 1.807) is 6.07 Å². The molecule has 0 radical (unpaired) electrons. The quantitative estimate of drug-likeness (QED) is 0.826. The lowest BCUT2D eigenvalue weighted by Gasteiger charge is -2.31. The number of amides is 1. The van der Waals surface area contributed by atoms with Gasteiger partial charge in [-0.05, 0) is 18.2 Å². The lowest BCUT2D eigenvalue weighted by atomic mass is 10.1. The molecule has 2 aliphatic heterocycles. The van der Waals surface area contributed by atoms with Gasteiger partial charge in [0.25, 0.3) is 0 Å². The first-order chi connectivity index (χ1) is 8.25. The molecule has 1 saturated heterocycles. The molecule has 4 nitrogen and oxygen atoms in total. The van der Waals surface area contributed by atoms with Crippen molar-refractivity contribution in [3.8, 4) is 0 Å². The van der Waals surface area contributed by atoms with E-state index in [9.17, 15) is 4.79 Å². The second-order valence-corrected chi connectivity index (χ2v) is 4.85. The van der Waals surface area contributed by atoms with Gasteiger partial charge in [0.15, 0.2) is 0 Å². The summed E-state index contributed by atoms with van der Waals surface area (Å²) < 4.78 is 0. The Hall–Kier alpha value is -0.810. The van der Waals surface area contributed by atoms with Gasteiger partial charge in [-0.15, -0.1) is 12.4 Å². The summed E-state index contributed by atoms with van der Waals surface area (Å²) >= 11 is 6.01. The molecule has 2 heterocycles. The van der Waals surface area contributed by atoms with Crippen LogP contribution in [-0.4, -0.2) is 37.0 Å². The van der Waals surface area contributed by atoms with Gasteiger partial charge >= 0.3 is 0 Å². The third kappa shape index (κ3) is 2.34. The Morgan fingerprint density at radius 1 is 1.28 bits per heavy atom. The number of hydrogen-bond acceptors (Lipinski definition) is 3. The van der Waals surface area contributed by atoms with Crippen molar-refractivity contribution >= 4 is 35.6 Å². The molecule has 1 unspecified atom stereocenters. The number of nitrogens with one attached hydrogen (secondary N) is 2. The number of hydrogen-bond donors (Lipinski definition) is 2. The molecule has 6 heteroatoms. The topological polar surface area (TPSA) is 44.4 Å². The SMILES string of the molecule is Cl.O=C1Nc2ccc(Cl)cc2C1N1CCNCC1. The van der Waals surface area contributed by atoms with E-state index >= 15 is 0 Å². The molecule has 98 valence electrons. The minimum Gasteiger partial charge on any atom is -0.324 e. The highest BCUT2D eigenvalue weighted by Gasteiger charge is 2.35. The maximum absolute atomic E-state index is 12.0. The van der Waals surface area contributed by atoms with E-state index in [0.29, 0.717) is 5.02 Å². The van der Waals surface area contributed by atoms with Gasteiger partial charge in [0.05, 0.1) is 0 Å². The monoisotopic (exact) mass is 287 g/mol. The molecule has 2 aliphatic rings. The first-order valence-electron chi connectivity index (χ1n) is 5.81. The lowest BCUT2D eigenvalue weighted by Crippen LogP contribution is -2.46. The van der Waals surface area contributed by atoms with E-state index in [-0.39, 0.29) is 24.4 Å². The van der Waals surface area contributed by atoms with Crippen molar-refractivity contribution in [2.45, 2.75) is 6.04 Å². The Morgan fingerprint density at radius 3 is 2.72 bits per heavy atom. The van der Waals surface area contributed by atoms with Crippen LogP contribution in [0.15, 0.2) is 18.2 Å². The van der Waals surface area contributed by atoms with Crippen molar-refractivity contribution in [1.29, 1.82) is 0 Å². The highest BCUT2D eigenvalue weighted by atomic mass is 35.5. The second kappa shape index (κ2) is 5.45. The van der Waals surface area contributed by atoms with Gasteiger partial charge in [-0.3, -0.25) is 9.69 Å². The summed E-state index contributed by atoms with van der Waals surface area (Å²) in [4.78, 5) is 14.2. The average Bonchev–Trinajstić information content (AvgIpc) is 2.65. The van der Waals surface area contributed by atoms with Crippen LogP contribution in [0.1, 0.15) is 11.6 Å². The molecule has 1 amide bonds. The van der Waals surface area contributed by atoms with E-state index < -0.39 is 0 Å². The van der Waals surface area contributed by atoms with Crippen LogP contribution in [0.4, 0.5) is 5.69 Å². The van der Waals surface area contributed by atoms with Gasteiger partial charge in [-0.25, -0.2) is 0 Å². The largest absolute Gasteiger partial charge is 0.324 e. The van der Waals surface area contributed by atoms with Crippen LogP contribution >= 0.6 is 24.0 Å². The van der Waals surface area contributed by atoms with Gasteiger partial charge in [0.2, 0.25) is 5.91 Å². The number of carbonyl (C=O) groups excluding carboxylic acids is 1.